The number of aromatic nitrogens is 5. The van der Waals surface area contributed by atoms with Crippen LogP contribution in [0.15, 0.2) is 54.9 Å². The Morgan fingerprint density at radius 3 is 2.28 bits per heavy atom. The molecule has 46 heavy (non-hydrogen) atoms. The van der Waals surface area contributed by atoms with E-state index >= 15 is 0 Å². The Labute approximate surface area is 270 Å². The van der Waals surface area contributed by atoms with Crippen molar-refractivity contribution in [3.63, 3.8) is 0 Å². The number of benzene rings is 2. The van der Waals surface area contributed by atoms with Crippen molar-refractivity contribution >= 4 is 39.8 Å². The Hall–Kier alpha value is -4.59. The topological polar surface area (TPSA) is 103 Å². The number of imidazole rings is 1. The summed E-state index contributed by atoms with van der Waals surface area (Å²) in [5.41, 5.74) is 8.90. The molecule has 8 nitrogen and oxygen atoms in total. The van der Waals surface area contributed by atoms with E-state index in [0.29, 0.717) is 12.3 Å². The SMILES string of the molecule is CC(=O)CC1(c2nc3ccc(/C=C/C(=O)O)cc3n2C)CCC1.Cc1cnc(-c2c(C3CCCC3)c3ccc(C)cc3n2C)nc1. The Bertz CT molecular complexity index is 1950. The van der Waals surface area contributed by atoms with E-state index in [1.165, 1.54) is 53.4 Å². The molecule has 0 spiro atoms. The minimum atomic E-state index is -0.967. The predicted molar refractivity (Wildman–Crippen MR) is 183 cm³/mol. The molecule has 2 saturated carbocycles. The number of aliphatic carboxylic acids is 1. The lowest BCUT2D eigenvalue weighted by Crippen LogP contribution is -2.38. The van der Waals surface area contributed by atoms with Crippen molar-refractivity contribution in [2.75, 3.05) is 0 Å². The zero-order valence-electron chi connectivity index (χ0n) is 27.5. The average Bonchev–Trinajstić information content (AvgIpc) is 3.72. The Morgan fingerprint density at radius 1 is 0.935 bits per heavy atom. The molecule has 2 aromatic carbocycles. The van der Waals surface area contributed by atoms with Gasteiger partial charge >= 0.3 is 5.97 Å². The summed E-state index contributed by atoms with van der Waals surface area (Å²) >= 11 is 0. The maximum Gasteiger partial charge on any atom is 0.328 e. The molecule has 5 aromatic rings. The monoisotopic (exact) mass is 617 g/mol. The minimum absolute atomic E-state index is 0.128. The third kappa shape index (κ3) is 6.00. The number of hydrogen-bond acceptors (Lipinski definition) is 5. The normalized spacial score (nSPS) is 16.1. The highest BCUT2D eigenvalue weighted by atomic mass is 16.4. The molecule has 0 saturated heterocycles. The van der Waals surface area contributed by atoms with Gasteiger partial charge in [0.2, 0.25) is 0 Å². The smallest absolute Gasteiger partial charge is 0.328 e. The number of rotatable bonds is 7. The number of carbonyl (C=O) groups is 2. The number of aryl methyl sites for hydroxylation is 4. The molecule has 3 aromatic heterocycles. The number of carboxylic acids is 1. The van der Waals surface area contributed by atoms with E-state index in [1.54, 1.807) is 13.0 Å². The first-order valence-electron chi connectivity index (χ1n) is 16.3. The van der Waals surface area contributed by atoms with Crippen LogP contribution in [0.1, 0.15) is 92.3 Å². The lowest BCUT2D eigenvalue weighted by Gasteiger charge is -2.40. The molecule has 1 N–H and O–H groups in total. The first-order valence-corrected chi connectivity index (χ1v) is 16.3. The quantitative estimate of drug-likeness (QED) is 0.186. The molecule has 0 amide bonds. The van der Waals surface area contributed by atoms with Crippen LogP contribution >= 0.6 is 0 Å². The van der Waals surface area contributed by atoms with E-state index in [9.17, 15) is 9.59 Å². The van der Waals surface area contributed by atoms with Crippen molar-refractivity contribution in [2.45, 2.75) is 83.5 Å². The third-order valence-corrected chi connectivity index (χ3v) is 9.85. The second kappa shape index (κ2) is 12.7. The summed E-state index contributed by atoms with van der Waals surface area (Å²) < 4.78 is 4.34. The van der Waals surface area contributed by atoms with E-state index < -0.39 is 5.97 Å². The molecule has 2 aliphatic rings. The molecular formula is C38H43N5O3. The van der Waals surface area contributed by atoms with E-state index in [2.05, 4.69) is 51.3 Å². The molecule has 238 valence electrons. The van der Waals surface area contributed by atoms with Crippen molar-refractivity contribution in [1.29, 1.82) is 0 Å². The van der Waals surface area contributed by atoms with Gasteiger partial charge in [-0.1, -0.05) is 37.5 Å². The number of carbonyl (C=O) groups excluding carboxylic acids is 1. The molecule has 0 unspecified atom stereocenters. The van der Waals surface area contributed by atoms with Crippen molar-refractivity contribution in [2.24, 2.45) is 14.1 Å². The zero-order chi connectivity index (χ0) is 32.6. The van der Waals surface area contributed by atoms with Gasteiger partial charge in [-0.25, -0.2) is 19.7 Å². The minimum Gasteiger partial charge on any atom is -0.478 e. The second-order valence-electron chi connectivity index (χ2n) is 13.3. The van der Waals surface area contributed by atoms with Gasteiger partial charge in [0.05, 0.1) is 16.7 Å². The van der Waals surface area contributed by atoms with Gasteiger partial charge in [-0.2, -0.15) is 0 Å². The molecule has 3 heterocycles. The van der Waals surface area contributed by atoms with Gasteiger partial charge in [-0.15, -0.1) is 0 Å². The largest absolute Gasteiger partial charge is 0.478 e. The van der Waals surface area contributed by atoms with Crippen LogP contribution in [0.2, 0.25) is 0 Å². The lowest BCUT2D eigenvalue weighted by atomic mass is 9.65. The van der Waals surface area contributed by atoms with Crippen molar-refractivity contribution in [3.05, 3.63) is 82.9 Å². The van der Waals surface area contributed by atoms with Crippen LogP contribution < -0.4 is 0 Å². The average molecular weight is 618 g/mol. The number of nitrogens with zero attached hydrogens (tertiary/aromatic N) is 5. The van der Waals surface area contributed by atoms with Gasteiger partial charge in [0.1, 0.15) is 11.6 Å². The van der Waals surface area contributed by atoms with Crippen LogP contribution in [-0.2, 0) is 29.1 Å². The standard InChI is InChI=1S/C20H23N3.C18H20N2O3/c1-13-8-9-16-17(10-13)23(3)19(18(16)15-6-4-5-7-15)20-21-11-14(2)12-22-20;1-12(21)11-18(8-3-9-18)17-19-14-6-4-13(5-7-16(22)23)10-15(14)20(17)2/h8-12,15H,4-7H2,1-3H3;4-7,10H,3,8-9,11H2,1-2H3,(H,22,23)/b;7-5+. The number of ketones is 1. The van der Waals surface area contributed by atoms with Crippen molar-refractivity contribution in [3.8, 4) is 11.5 Å². The Morgan fingerprint density at radius 2 is 1.65 bits per heavy atom. The van der Waals surface area contributed by atoms with Gasteiger partial charge in [-0.05, 0) is 98.9 Å². The highest BCUT2D eigenvalue weighted by Gasteiger charge is 2.43. The van der Waals surface area contributed by atoms with Gasteiger partial charge in [0, 0.05) is 55.3 Å². The maximum absolute atomic E-state index is 11.7. The summed E-state index contributed by atoms with van der Waals surface area (Å²) in [6.45, 7) is 5.83. The molecule has 7 rings (SSSR count). The predicted octanol–water partition coefficient (Wildman–Crippen LogP) is 7.98. The molecule has 0 bridgehead atoms. The van der Waals surface area contributed by atoms with Crippen LogP contribution in [0.25, 0.3) is 39.5 Å². The van der Waals surface area contributed by atoms with Gasteiger partial charge in [-0.3, -0.25) is 4.79 Å². The molecule has 2 aliphatic carbocycles. The Kier molecular flexibility index (Phi) is 8.64. The molecule has 8 heteroatoms. The summed E-state index contributed by atoms with van der Waals surface area (Å²) in [4.78, 5) is 36.3. The fraction of sp³-hybridized carbons (Fsp3) is 0.395. The van der Waals surface area contributed by atoms with E-state index in [0.717, 1.165) is 59.1 Å². The lowest BCUT2D eigenvalue weighted by molar-refractivity contribution is -0.131. The summed E-state index contributed by atoms with van der Waals surface area (Å²) in [7, 11) is 4.12. The summed E-state index contributed by atoms with van der Waals surface area (Å²) in [5, 5.41) is 10.1. The molecular weight excluding hydrogens is 574 g/mol. The van der Waals surface area contributed by atoms with Crippen LogP contribution in [0, 0.1) is 13.8 Å². The third-order valence-electron chi connectivity index (χ3n) is 9.85. The van der Waals surface area contributed by atoms with Crippen molar-refractivity contribution in [1.82, 2.24) is 24.1 Å². The van der Waals surface area contributed by atoms with E-state index in [1.807, 2.05) is 44.6 Å². The van der Waals surface area contributed by atoms with Crippen molar-refractivity contribution < 1.29 is 14.7 Å². The van der Waals surface area contributed by atoms with E-state index in [-0.39, 0.29) is 11.2 Å². The molecule has 0 radical (unpaired) electrons. The highest BCUT2D eigenvalue weighted by Crippen LogP contribution is 2.47. The molecule has 2 fully saturated rings. The van der Waals surface area contributed by atoms with Gasteiger partial charge < -0.3 is 14.2 Å². The highest BCUT2D eigenvalue weighted by molar-refractivity contribution is 5.92. The fourth-order valence-corrected chi connectivity index (χ4v) is 7.50. The summed E-state index contributed by atoms with van der Waals surface area (Å²) in [6, 6.07) is 12.5. The Balaban J connectivity index is 0.000000162. The number of fused-ring (bicyclic) bond motifs is 2. The second-order valence-corrected chi connectivity index (χ2v) is 13.3. The van der Waals surface area contributed by atoms with Crippen LogP contribution in [0.4, 0.5) is 0 Å². The van der Waals surface area contributed by atoms with E-state index in [4.69, 9.17) is 10.1 Å². The zero-order valence-corrected chi connectivity index (χ0v) is 27.5. The first-order chi connectivity index (χ1) is 22.1. The van der Waals surface area contributed by atoms with Crippen LogP contribution in [-0.4, -0.2) is 40.9 Å². The number of carboxylic acid groups (broad SMARTS) is 1. The van der Waals surface area contributed by atoms with Gasteiger partial charge in [0.15, 0.2) is 5.82 Å². The molecule has 0 aliphatic heterocycles. The number of Topliss-reactive ketones (excluding diaryl/α,β-unsaturated/α-hetero) is 1. The maximum atomic E-state index is 11.7. The summed E-state index contributed by atoms with van der Waals surface area (Å²) in [5.74, 6) is 1.69. The molecule has 0 atom stereocenters. The fourth-order valence-electron chi connectivity index (χ4n) is 7.50. The number of hydrogen-bond donors (Lipinski definition) is 1. The van der Waals surface area contributed by atoms with Crippen LogP contribution in [0.3, 0.4) is 0 Å². The summed E-state index contributed by atoms with van der Waals surface area (Å²) in [6.07, 6.45) is 15.4. The van der Waals surface area contributed by atoms with Gasteiger partial charge in [0.25, 0.3) is 0 Å². The van der Waals surface area contributed by atoms with Crippen LogP contribution in [0.5, 0.6) is 0 Å². The first kappa shape index (κ1) is 31.4.